The van der Waals surface area contributed by atoms with Gasteiger partial charge in [-0.05, 0) is 25.0 Å². The van der Waals surface area contributed by atoms with Crippen LogP contribution < -0.4 is 4.90 Å². The van der Waals surface area contributed by atoms with E-state index in [1.165, 1.54) is 0 Å². The molecule has 0 N–H and O–H groups in total. The van der Waals surface area contributed by atoms with Crippen molar-refractivity contribution in [1.82, 2.24) is 14.9 Å². The maximum atomic E-state index is 12.3. The van der Waals surface area contributed by atoms with Crippen molar-refractivity contribution in [1.29, 1.82) is 0 Å². The molecule has 1 fully saturated rings. The smallest absolute Gasteiger partial charge is 0.223 e. The van der Waals surface area contributed by atoms with Crippen molar-refractivity contribution in [2.45, 2.75) is 19.8 Å². The predicted molar refractivity (Wildman–Crippen MR) is 88.2 cm³/mol. The monoisotopic (exact) mass is 316 g/mol. The van der Waals surface area contributed by atoms with Crippen molar-refractivity contribution >= 4 is 22.4 Å². The molecule has 0 radical (unpaired) electrons. The average Bonchev–Trinajstić information content (AvgIpc) is 3.00. The van der Waals surface area contributed by atoms with Crippen LogP contribution in [0.2, 0.25) is 0 Å². The molecule has 1 saturated heterocycles. The highest BCUT2D eigenvalue weighted by molar-refractivity contribution is 7.13. The van der Waals surface area contributed by atoms with Crippen LogP contribution in [-0.2, 0) is 11.2 Å². The number of rotatable bonds is 4. The highest BCUT2D eigenvalue weighted by atomic mass is 32.1. The van der Waals surface area contributed by atoms with E-state index in [1.54, 1.807) is 17.5 Å². The summed E-state index contributed by atoms with van der Waals surface area (Å²) in [7, 11) is 0. The number of carbonyl (C=O) groups is 1. The van der Waals surface area contributed by atoms with E-state index < -0.39 is 0 Å². The SMILES string of the molecule is Cc1csc(N2CCN(C(=O)CCc3cccnc3)CC2)n1. The molecular weight excluding hydrogens is 296 g/mol. The molecule has 0 aliphatic carbocycles. The minimum Gasteiger partial charge on any atom is -0.345 e. The Morgan fingerprint density at radius 1 is 1.32 bits per heavy atom. The van der Waals surface area contributed by atoms with Crippen LogP contribution in [-0.4, -0.2) is 47.0 Å². The van der Waals surface area contributed by atoms with Crippen molar-refractivity contribution in [2.24, 2.45) is 0 Å². The summed E-state index contributed by atoms with van der Waals surface area (Å²) in [5.41, 5.74) is 2.18. The van der Waals surface area contributed by atoms with Gasteiger partial charge in [-0.1, -0.05) is 6.07 Å². The maximum absolute atomic E-state index is 12.3. The fourth-order valence-corrected chi connectivity index (χ4v) is 3.45. The zero-order valence-electron chi connectivity index (χ0n) is 12.7. The molecule has 0 spiro atoms. The second kappa shape index (κ2) is 6.87. The molecular formula is C16H20N4OS. The van der Waals surface area contributed by atoms with Crippen LogP contribution in [0.1, 0.15) is 17.7 Å². The van der Waals surface area contributed by atoms with Gasteiger partial charge < -0.3 is 9.80 Å². The quantitative estimate of drug-likeness (QED) is 0.867. The summed E-state index contributed by atoms with van der Waals surface area (Å²) in [4.78, 5) is 25.1. The normalized spacial score (nSPS) is 15.1. The minimum absolute atomic E-state index is 0.235. The van der Waals surface area contributed by atoms with E-state index >= 15 is 0 Å². The molecule has 3 rings (SSSR count). The van der Waals surface area contributed by atoms with Gasteiger partial charge in [-0.15, -0.1) is 11.3 Å². The molecule has 0 atom stereocenters. The molecule has 0 bridgehead atoms. The number of piperazine rings is 1. The van der Waals surface area contributed by atoms with Crippen molar-refractivity contribution in [2.75, 3.05) is 31.1 Å². The second-order valence-corrected chi connectivity index (χ2v) is 6.34. The highest BCUT2D eigenvalue weighted by Gasteiger charge is 2.22. The second-order valence-electron chi connectivity index (χ2n) is 5.50. The summed E-state index contributed by atoms with van der Waals surface area (Å²) in [6, 6.07) is 3.93. The molecule has 22 heavy (non-hydrogen) atoms. The average molecular weight is 316 g/mol. The van der Waals surface area contributed by atoms with Gasteiger partial charge in [0.2, 0.25) is 5.91 Å². The zero-order chi connectivity index (χ0) is 15.4. The van der Waals surface area contributed by atoms with Gasteiger partial charge in [-0.3, -0.25) is 9.78 Å². The number of anilines is 1. The molecule has 0 saturated carbocycles. The van der Waals surface area contributed by atoms with Crippen LogP contribution in [0.25, 0.3) is 0 Å². The lowest BCUT2D eigenvalue weighted by molar-refractivity contribution is -0.131. The number of thiazole rings is 1. The molecule has 6 heteroatoms. The predicted octanol–water partition coefficient (Wildman–Crippen LogP) is 2.13. The summed E-state index contributed by atoms with van der Waals surface area (Å²) in [5, 5.41) is 3.14. The first kappa shape index (κ1) is 15.0. The van der Waals surface area contributed by atoms with Crippen molar-refractivity contribution in [3.63, 3.8) is 0 Å². The number of aromatic nitrogens is 2. The Bertz CT molecular complexity index is 620. The Kier molecular flexibility index (Phi) is 4.68. The number of nitrogens with zero attached hydrogens (tertiary/aromatic N) is 4. The van der Waals surface area contributed by atoms with E-state index in [1.807, 2.05) is 30.2 Å². The lowest BCUT2D eigenvalue weighted by Crippen LogP contribution is -2.48. The number of carbonyl (C=O) groups excluding carboxylic acids is 1. The fraction of sp³-hybridized carbons (Fsp3) is 0.438. The Morgan fingerprint density at radius 3 is 2.77 bits per heavy atom. The molecule has 1 aliphatic heterocycles. The van der Waals surface area contributed by atoms with E-state index in [-0.39, 0.29) is 5.91 Å². The summed E-state index contributed by atoms with van der Waals surface area (Å²) < 4.78 is 0. The molecule has 116 valence electrons. The van der Waals surface area contributed by atoms with Crippen LogP contribution in [0.15, 0.2) is 29.9 Å². The van der Waals surface area contributed by atoms with Gasteiger partial charge in [-0.25, -0.2) is 4.98 Å². The number of aryl methyl sites for hydroxylation is 2. The summed E-state index contributed by atoms with van der Waals surface area (Å²) in [5.74, 6) is 0.235. The molecule has 2 aromatic rings. The fourth-order valence-electron chi connectivity index (χ4n) is 2.59. The van der Waals surface area contributed by atoms with Crippen LogP contribution in [0.4, 0.5) is 5.13 Å². The number of hydrogen-bond acceptors (Lipinski definition) is 5. The molecule has 5 nitrogen and oxygen atoms in total. The number of amides is 1. The van der Waals surface area contributed by atoms with E-state index in [0.29, 0.717) is 6.42 Å². The van der Waals surface area contributed by atoms with E-state index in [0.717, 1.165) is 49.0 Å². The first-order valence-corrected chi connectivity index (χ1v) is 8.44. The Labute approximate surface area is 134 Å². The molecule has 0 unspecified atom stereocenters. The van der Waals surface area contributed by atoms with E-state index in [2.05, 4.69) is 20.2 Å². The third-order valence-corrected chi connectivity index (χ3v) is 4.88. The summed E-state index contributed by atoms with van der Waals surface area (Å²) >= 11 is 1.68. The van der Waals surface area contributed by atoms with Crippen molar-refractivity contribution in [3.8, 4) is 0 Å². The third kappa shape index (κ3) is 3.62. The summed E-state index contributed by atoms with van der Waals surface area (Å²) in [6.45, 7) is 5.31. The third-order valence-electron chi connectivity index (χ3n) is 3.86. The highest BCUT2D eigenvalue weighted by Crippen LogP contribution is 2.21. The van der Waals surface area contributed by atoms with Gasteiger partial charge in [0.1, 0.15) is 0 Å². The van der Waals surface area contributed by atoms with Crippen LogP contribution >= 0.6 is 11.3 Å². The van der Waals surface area contributed by atoms with Crippen LogP contribution in [0.5, 0.6) is 0 Å². The molecule has 2 aromatic heterocycles. The van der Waals surface area contributed by atoms with Crippen LogP contribution in [0, 0.1) is 6.92 Å². The van der Waals surface area contributed by atoms with Gasteiger partial charge in [-0.2, -0.15) is 0 Å². The zero-order valence-corrected chi connectivity index (χ0v) is 13.6. The Hall–Kier alpha value is -1.95. The Morgan fingerprint density at radius 2 is 2.14 bits per heavy atom. The topological polar surface area (TPSA) is 49.3 Å². The van der Waals surface area contributed by atoms with Gasteiger partial charge in [0.15, 0.2) is 5.13 Å². The molecule has 0 aromatic carbocycles. The summed E-state index contributed by atoms with van der Waals surface area (Å²) in [6.07, 6.45) is 4.90. The first-order chi connectivity index (χ1) is 10.7. The first-order valence-electron chi connectivity index (χ1n) is 7.56. The molecule has 3 heterocycles. The Balaban J connectivity index is 1.47. The maximum Gasteiger partial charge on any atom is 0.223 e. The van der Waals surface area contributed by atoms with Crippen molar-refractivity contribution in [3.05, 3.63) is 41.2 Å². The van der Waals surface area contributed by atoms with Crippen molar-refractivity contribution < 1.29 is 4.79 Å². The van der Waals surface area contributed by atoms with Gasteiger partial charge in [0, 0.05) is 50.4 Å². The standard InChI is InChI=1S/C16H20N4OS/c1-13-12-22-16(18-13)20-9-7-19(8-10-20)15(21)5-4-14-3-2-6-17-11-14/h2-3,6,11-12H,4-5,7-10H2,1H3. The lowest BCUT2D eigenvalue weighted by atomic mass is 10.1. The lowest BCUT2D eigenvalue weighted by Gasteiger charge is -2.34. The van der Waals surface area contributed by atoms with Gasteiger partial charge in [0.25, 0.3) is 0 Å². The van der Waals surface area contributed by atoms with E-state index in [4.69, 9.17) is 0 Å². The minimum atomic E-state index is 0.235. The number of pyridine rings is 1. The van der Waals surface area contributed by atoms with E-state index in [9.17, 15) is 4.79 Å². The number of hydrogen-bond donors (Lipinski definition) is 0. The molecule has 1 amide bonds. The van der Waals surface area contributed by atoms with Gasteiger partial charge in [0.05, 0.1) is 5.69 Å². The molecule has 1 aliphatic rings. The van der Waals surface area contributed by atoms with Crippen LogP contribution in [0.3, 0.4) is 0 Å². The van der Waals surface area contributed by atoms with Gasteiger partial charge >= 0.3 is 0 Å². The largest absolute Gasteiger partial charge is 0.345 e.